The van der Waals surface area contributed by atoms with Crippen LogP contribution in [0.15, 0.2) is 36.5 Å². The van der Waals surface area contributed by atoms with E-state index in [-0.39, 0.29) is 11.7 Å². The molecule has 1 N–H and O–H groups in total. The molecule has 1 aromatic heterocycles. The molecule has 18 heavy (non-hydrogen) atoms. The summed E-state index contributed by atoms with van der Waals surface area (Å²) in [6.07, 6.45) is 1.66. The fraction of sp³-hybridized carbons (Fsp3) is 0.154. The van der Waals surface area contributed by atoms with Crippen LogP contribution in [0, 0.1) is 0 Å². The highest BCUT2D eigenvalue weighted by molar-refractivity contribution is 5.97. The number of para-hydroxylation sites is 1. The molecule has 2 aromatic rings. The van der Waals surface area contributed by atoms with Gasteiger partial charge in [0.15, 0.2) is 11.5 Å². The van der Waals surface area contributed by atoms with Crippen LogP contribution in [0.5, 0.6) is 0 Å². The zero-order chi connectivity index (χ0) is 13.1. The molecule has 0 unspecified atom stereocenters. The molecular weight excluding hydrogens is 230 g/mol. The van der Waals surface area contributed by atoms with Crippen LogP contribution in [0.1, 0.15) is 27.8 Å². The number of carbonyl (C=O) groups excluding carboxylic acids is 2. The summed E-state index contributed by atoms with van der Waals surface area (Å²) in [4.78, 5) is 22.9. The molecule has 0 aliphatic rings. The number of ketones is 1. The Morgan fingerprint density at radius 3 is 2.61 bits per heavy atom. The number of rotatable bonds is 3. The Hall–Kier alpha value is -2.43. The minimum absolute atomic E-state index is 0.0393. The first-order chi connectivity index (χ1) is 8.63. The number of hydrogen-bond donors (Lipinski definition) is 1. The molecule has 0 spiro atoms. The Morgan fingerprint density at radius 2 is 1.94 bits per heavy atom. The molecule has 1 heterocycles. The molecular formula is C13H13N3O2. The number of aromatic nitrogens is 2. The van der Waals surface area contributed by atoms with Gasteiger partial charge in [-0.05, 0) is 25.1 Å². The average Bonchev–Trinajstić information content (AvgIpc) is 2.87. The summed E-state index contributed by atoms with van der Waals surface area (Å²) in [5.41, 5.74) is 1.56. The van der Waals surface area contributed by atoms with E-state index in [1.165, 1.54) is 11.6 Å². The summed E-state index contributed by atoms with van der Waals surface area (Å²) in [7, 11) is 1.55. The van der Waals surface area contributed by atoms with Crippen molar-refractivity contribution in [3.63, 3.8) is 0 Å². The first-order valence-corrected chi connectivity index (χ1v) is 5.51. The van der Waals surface area contributed by atoms with Crippen LogP contribution >= 0.6 is 0 Å². The molecule has 92 valence electrons. The van der Waals surface area contributed by atoms with Crippen LogP contribution in [-0.2, 0) is 0 Å². The van der Waals surface area contributed by atoms with Gasteiger partial charge in [0, 0.05) is 18.8 Å². The second-order valence-corrected chi connectivity index (χ2v) is 3.80. The number of hydrogen-bond acceptors (Lipinski definition) is 3. The van der Waals surface area contributed by atoms with Crippen molar-refractivity contribution in [2.24, 2.45) is 0 Å². The maximum Gasteiger partial charge on any atom is 0.271 e. The lowest BCUT2D eigenvalue weighted by molar-refractivity contribution is 0.0957. The summed E-state index contributed by atoms with van der Waals surface area (Å²) in [6, 6.07) is 8.75. The van der Waals surface area contributed by atoms with Crippen molar-refractivity contribution in [2.75, 3.05) is 7.05 Å². The molecule has 0 saturated carbocycles. The lowest BCUT2D eigenvalue weighted by atomic mass is 10.1. The van der Waals surface area contributed by atoms with Crippen LogP contribution < -0.4 is 5.32 Å². The van der Waals surface area contributed by atoms with Gasteiger partial charge in [0.05, 0.1) is 5.69 Å². The minimum atomic E-state index is -0.256. The van der Waals surface area contributed by atoms with Crippen LogP contribution in [0.25, 0.3) is 5.69 Å². The summed E-state index contributed by atoms with van der Waals surface area (Å²) in [6.45, 7) is 1.50. The number of carbonyl (C=O) groups is 2. The summed E-state index contributed by atoms with van der Waals surface area (Å²) in [5.74, 6) is -0.295. The van der Waals surface area contributed by atoms with Gasteiger partial charge in [0.25, 0.3) is 5.91 Å². The monoisotopic (exact) mass is 243 g/mol. The van der Waals surface area contributed by atoms with Gasteiger partial charge in [-0.25, -0.2) is 4.68 Å². The van der Waals surface area contributed by atoms with E-state index in [9.17, 15) is 9.59 Å². The Balaban J connectivity index is 2.46. The quantitative estimate of drug-likeness (QED) is 0.829. The highest BCUT2D eigenvalue weighted by Gasteiger charge is 2.12. The maximum atomic E-state index is 11.5. The van der Waals surface area contributed by atoms with Crippen molar-refractivity contribution in [1.82, 2.24) is 15.1 Å². The Labute approximate surface area is 104 Å². The lowest BCUT2D eigenvalue weighted by Gasteiger charge is -2.06. The molecule has 5 nitrogen and oxygen atoms in total. The Morgan fingerprint density at radius 1 is 1.22 bits per heavy atom. The Bertz CT molecular complexity index is 602. The molecule has 0 fully saturated rings. The van der Waals surface area contributed by atoms with E-state index in [4.69, 9.17) is 0 Å². The molecule has 0 aliphatic heterocycles. The predicted molar refractivity (Wildman–Crippen MR) is 67.0 cm³/mol. The smallest absolute Gasteiger partial charge is 0.271 e. The van der Waals surface area contributed by atoms with E-state index in [2.05, 4.69) is 10.4 Å². The summed E-state index contributed by atoms with van der Waals surface area (Å²) < 4.78 is 1.53. The first-order valence-electron chi connectivity index (χ1n) is 5.51. The lowest BCUT2D eigenvalue weighted by Crippen LogP contribution is -2.18. The van der Waals surface area contributed by atoms with Crippen molar-refractivity contribution in [1.29, 1.82) is 0 Å². The number of benzene rings is 1. The van der Waals surface area contributed by atoms with Crippen LogP contribution in [0.3, 0.4) is 0 Å². The van der Waals surface area contributed by atoms with Gasteiger partial charge in [-0.2, -0.15) is 5.10 Å². The molecule has 1 amide bonds. The predicted octanol–water partition coefficient (Wildman–Crippen LogP) is 1.43. The van der Waals surface area contributed by atoms with Crippen molar-refractivity contribution in [2.45, 2.75) is 6.92 Å². The zero-order valence-corrected chi connectivity index (χ0v) is 10.2. The first kappa shape index (κ1) is 12.0. The normalized spacial score (nSPS) is 10.1. The van der Waals surface area contributed by atoms with Gasteiger partial charge in [-0.3, -0.25) is 9.59 Å². The SMILES string of the molecule is CNC(=O)c1ccn(-c2ccccc2C(C)=O)n1. The zero-order valence-electron chi connectivity index (χ0n) is 10.2. The van der Waals surface area contributed by atoms with E-state index in [1.54, 1.807) is 37.5 Å². The number of nitrogens with one attached hydrogen (secondary N) is 1. The molecule has 0 radical (unpaired) electrons. The van der Waals surface area contributed by atoms with E-state index in [1.807, 2.05) is 6.07 Å². The van der Waals surface area contributed by atoms with E-state index in [0.717, 1.165) is 0 Å². The minimum Gasteiger partial charge on any atom is -0.354 e. The van der Waals surface area contributed by atoms with Crippen LogP contribution in [-0.4, -0.2) is 28.5 Å². The molecule has 1 aromatic carbocycles. The van der Waals surface area contributed by atoms with Crippen molar-refractivity contribution in [3.8, 4) is 5.69 Å². The fourth-order valence-electron chi connectivity index (χ4n) is 1.68. The second kappa shape index (κ2) is 4.83. The highest BCUT2D eigenvalue weighted by Crippen LogP contribution is 2.14. The topological polar surface area (TPSA) is 64.0 Å². The third-order valence-corrected chi connectivity index (χ3v) is 2.58. The average molecular weight is 243 g/mol. The number of amides is 1. The standard InChI is InChI=1S/C13H13N3O2/c1-9(17)10-5-3-4-6-12(10)16-8-7-11(15-16)13(18)14-2/h3-8H,1-2H3,(H,14,18). The molecule has 0 atom stereocenters. The van der Waals surface area contributed by atoms with Crippen LogP contribution in [0.2, 0.25) is 0 Å². The largest absolute Gasteiger partial charge is 0.354 e. The molecule has 0 bridgehead atoms. The summed E-state index contributed by atoms with van der Waals surface area (Å²) in [5, 5.41) is 6.65. The van der Waals surface area contributed by atoms with Gasteiger partial charge < -0.3 is 5.32 Å². The number of Topliss-reactive ketones (excluding diaryl/α,β-unsaturated/α-hetero) is 1. The van der Waals surface area contributed by atoms with E-state index in [0.29, 0.717) is 16.9 Å². The van der Waals surface area contributed by atoms with Crippen molar-refractivity contribution >= 4 is 11.7 Å². The Kier molecular flexibility index (Phi) is 3.23. The highest BCUT2D eigenvalue weighted by atomic mass is 16.1. The van der Waals surface area contributed by atoms with Crippen LogP contribution in [0.4, 0.5) is 0 Å². The second-order valence-electron chi connectivity index (χ2n) is 3.80. The third kappa shape index (κ3) is 2.15. The fourth-order valence-corrected chi connectivity index (χ4v) is 1.68. The molecule has 2 rings (SSSR count). The summed E-state index contributed by atoms with van der Waals surface area (Å²) >= 11 is 0. The van der Waals surface area contributed by atoms with E-state index < -0.39 is 0 Å². The van der Waals surface area contributed by atoms with Crippen molar-refractivity contribution < 1.29 is 9.59 Å². The van der Waals surface area contributed by atoms with Crippen molar-refractivity contribution in [3.05, 3.63) is 47.8 Å². The van der Waals surface area contributed by atoms with E-state index >= 15 is 0 Å². The molecule has 5 heteroatoms. The third-order valence-electron chi connectivity index (χ3n) is 2.58. The maximum absolute atomic E-state index is 11.5. The molecule has 0 aliphatic carbocycles. The number of nitrogens with zero attached hydrogens (tertiary/aromatic N) is 2. The van der Waals surface area contributed by atoms with Gasteiger partial charge in [-0.15, -0.1) is 0 Å². The molecule has 0 saturated heterocycles. The van der Waals surface area contributed by atoms with Gasteiger partial charge in [0.1, 0.15) is 0 Å². The van der Waals surface area contributed by atoms with Gasteiger partial charge in [-0.1, -0.05) is 12.1 Å². The van der Waals surface area contributed by atoms with Gasteiger partial charge >= 0.3 is 0 Å². The van der Waals surface area contributed by atoms with Gasteiger partial charge in [0.2, 0.25) is 0 Å².